The van der Waals surface area contributed by atoms with E-state index in [2.05, 4.69) is 11.4 Å². The lowest BCUT2D eigenvalue weighted by molar-refractivity contribution is -0.384. The number of benzene rings is 1. The first-order valence-electron chi connectivity index (χ1n) is 5.95. The van der Waals surface area contributed by atoms with Crippen LogP contribution in [0, 0.1) is 16.0 Å². The molecule has 0 bridgehead atoms. The lowest BCUT2D eigenvalue weighted by Gasteiger charge is -2.12. The van der Waals surface area contributed by atoms with E-state index in [1.807, 2.05) is 6.08 Å². The van der Waals surface area contributed by atoms with Crippen molar-refractivity contribution in [1.82, 2.24) is 5.32 Å². The summed E-state index contributed by atoms with van der Waals surface area (Å²) in [6, 6.07) is 6.81. The van der Waals surface area contributed by atoms with Gasteiger partial charge in [-0.25, -0.2) is 0 Å². The molecular formula is C13H16N2O3. The molecule has 1 aliphatic carbocycles. The fourth-order valence-corrected chi connectivity index (χ4v) is 2.05. The Morgan fingerprint density at radius 1 is 1.33 bits per heavy atom. The molecule has 0 unspecified atom stereocenters. The van der Waals surface area contributed by atoms with Crippen molar-refractivity contribution in [2.75, 3.05) is 6.61 Å². The average molecular weight is 248 g/mol. The van der Waals surface area contributed by atoms with Crippen LogP contribution in [0.4, 0.5) is 5.69 Å². The standard InChI is InChI=1S/C13H16N2O3/c16-9-11-1-4-12(7-11)14-8-10-2-5-13(6-3-10)15(17)18/h1-6,11-12,14,16H,7-9H2/t11-,12+/m0/s1. The minimum Gasteiger partial charge on any atom is -0.396 e. The van der Waals surface area contributed by atoms with Crippen molar-refractivity contribution < 1.29 is 10.0 Å². The lowest BCUT2D eigenvalue weighted by atomic mass is 10.1. The molecule has 0 spiro atoms. The van der Waals surface area contributed by atoms with Crippen LogP contribution in [0.15, 0.2) is 36.4 Å². The van der Waals surface area contributed by atoms with E-state index in [4.69, 9.17) is 5.11 Å². The quantitative estimate of drug-likeness (QED) is 0.471. The molecule has 18 heavy (non-hydrogen) atoms. The minimum atomic E-state index is -0.400. The van der Waals surface area contributed by atoms with Gasteiger partial charge in [-0.2, -0.15) is 0 Å². The number of nitrogens with one attached hydrogen (secondary N) is 1. The highest BCUT2D eigenvalue weighted by atomic mass is 16.6. The highest BCUT2D eigenvalue weighted by Gasteiger charge is 2.17. The lowest BCUT2D eigenvalue weighted by Crippen LogP contribution is -2.26. The molecule has 1 aliphatic rings. The zero-order valence-electron chi connectivity index (χ0n) is 9.95. The number of hydrogen-bond donors (Lipinski definition) is 2. The maximum Gasteiger partial charge on any atom is 0.269 e. The molecule has 1 aromatic rings. The second-order valence-electron chi connectivity index (χ2n) is 4.47. The molecule has 2 N–H and O–H groups in total. The molecule has 5 heteroatoms. The van der Waals surface area contributed by atoms with Gasteiger partial charge in [0.15, 0.2) is 0 Å². The number of aliphatic hydroxyl groups excluding tert-OH is 1. The molecule has 1 aromatic carbocycles. The van der Waals surface area contributed by atoms with Crippen molar-refractivity contribution in [2.45, 2.75) is 19.0 Å². The Morgan fingerprint density at radius 2 is 2.06 bits per heavy atom. The second kappa shape index (κ2) is 5.75. The fourth-order valence-electron chi connectivity index (χ4n) is 2.05. The van der Waals surface area contributed by atoms with E-state index in [1.54, 1.807) is 12.1 Å². The van der Waals surface area contributed by atoms with Gasteiger partial charge >= 0.3 is 0 Å². The molecule has 96 valence electrons. The van der Waals surface area contributed by atoms with Crippen LogP contribution < -0.4 is 5.32 Å². The third-order valence-corrected chi connectivity index (χ3v) is 3.12. The highest BCUT2D eigenvalue weighted by molar-refractivity contribution is 5.32. The summed E-state index contributed by atoms with van der Waals surface area (Å²) in [7, 11) is 0. The summed E-state index contributed by atoms with van der Waals surface area (Å²) in [4.78, 5) is 10.1. The first-order valence-corrected chi connectivity index (χ1v) is 5.95. The van der Waals surface area contributed by atoms with Crippen molar-refractivity contribution in [3.05, 3.63) is 52.1 Å². The van der Waals surface area contributed by atoms with Crippen LogP contribution in [-0.2, 0) is 6.54 Å². The molecule has 0 fully saturated rings. The van der Waals surface area contributed by atoms with Crippen LogP contribution in [-0.4, -0.2) is 22.7 Å². The number of non-ortho nitro benzene ring substituents is 1. The topological polar surface area (TPSA) is 75.4 Å². The summed E-state index contributed by atoms with van der Waals surface area (Å²) in [5.74, 6) is 0.249. The van der Waals surface area contributed by atoms with Gasteiger partial charge in [0.05, 0.1) is 4.92 Å². The normalized spacial score (nSPS) is 22.3. The number of rotatable bonds is 5. The summed E-state index contributed by atoms with van der Waals surface area (Å²) in [5, 5.41) is 22.9. The molecule has 0 aromatic heterocycles. The minimum absolute atomic E-state index is 0.111. The summed E-state index contributed by atoms with van der Waals surface area (Å²) in [6.07, 6.45) is 4.99. The highest BCUT2D eigenvalue weighted by Crippen LogP contribution is 2.18. The Balaban J connectivity index is 1.84. The zero-order chi connectivity index (χ0) is 13.0. The third-order valence-electron chi connectivity index (χ3n) is 3.12. The third kappa shape index (κ3) is 3.15. The molecular weight excluding hydrogens is 232 g/mol. The molecule has 0 saturated carbocycles. The van der Waals surface area contributed by atoms with Crippen LogP contribution in [0.25, 0.3) is 0 Å². The predicted octanol–water partition coefficient (Wildman–Crippen LogP) is 1.62. The van der Waals surface area contributed by atoms with Gasteiger partial charge in [0.1, 0.15) is 0 Å². The SMILES string of the molecule is O=[N+]([O-])c1ccc(CN[C@@H]2C=C[C@H](CO)C2)cc1. The maximum absolute atomic E-state index is 10.5. The first kappa shape index (κ1) is 12.7. The van der Waals surface area contributed by atoms with Crippen LogP contribution in [0.2, 0.25) is 0 Å². The largest absolute Gasteiger partial charge is 0.396 e. The van der Waals surface area contributed by atoms with Crippen molar-refractivity contribution in [3.63, 3.8) is 0 Å². The molecule has 5 nitrogen and oxygen atoms in total. The van der Waals surface area contributed by atoms with E-state index in [0.29, 0.717) is 6.54 Å². The Morgan fingerprint density at radius 3 is 2.61 bits per heavy atom. The van der Waals surface area contributed by atoms with E-state index in [9.17, 15) is 10.1 Å². The van der Waals surface area contributed by atoms with Crippen molar-refractivity contribution in [3.8, 4) is 0 Å². The van der Waals surface area contributed by atoms with Gasteiger partial charge < -0.3 is 10.4 Å². The number of aliphatic hydroxyl groups is 1. The van der Waals surface area contributed by atoms with E-state index >= 15 is 0 Å². The van der Waals surface area contributed by atoms with Gasteiger partial charge in [-0.05, 0) is 12.0 Å². The zero-order valence-corrected chi connectivity index (χ0v) is 9.95. The van der Waals surface area contributed by atoms with Gasteiger partial charge in [-0.1, -0.05) is 24.3 Å². The second-order valence-corrected chi connectivity index (χ2v) is 4.47. The number of nitrogens with zero attached hydrogens (tertiary/aromatic N) is 1. The summed E-state index contributed by atoms with van der Waals surface area (Å²) < 4.78 is 0. The van der Waals surface area contributed by atoms with Crippen LogP contribution in [0.5, 0.6) is 0 Å². The first-order chi connectivity index (χ1) is 8.69. The van der Waals surface area contributed by atoms with Gasteiger partial charge in [0, 0.05) is 37.2 Å². The van der Waals surface area contributed by atoms with Crippen molar-refractivity contribution >= 4 is 5.69 Å². The van der Waals surface area contributed by atoms with Crippen molar-refractivity contribution in [2.24, 2.45) is 5.92 Å². The molecule has 2 atom stereocenters. The van der Waals surface area contributed by atoms with E-state index < -0.39 is 4.92 Å². The van der Waals surface area contributed by atoms with Crippen LogP contribution >= 0.6 is 0 Å². The van der Waals surface area contributed by atoms with Gasteiger partial charge in [0.25, 0.3) is 5.69 Å². The van der Waals surface area contributed by atoms with Crippen LogP contribution in [0.3, 0.4) is 0 Å². The number of hydrogen-bond acceptors (Lipinski definition) is 4. The Bertz CT molecular complexity index is 442. The van der Waals surface area contributed by atoms with E-state index in [1.165, 1.54) is 12.1 Å². The molecule has 0 amide bonds. The summed E-state index contributed by atoms with van der Waals surface area (Å²) in [6.45, 7) is 0.858. The number of nitro benzene ring substituents is 1. The van der Waals surface area contributed by atoms with Crippen molar-refractivity contribution in [1.29, 1.82) is 0 Å². The Hall–Kier alpha value is -1.72. The smallest absolute Gasteiger partial charge is 0.269 e. The molecule has 0 heterocycles. The maximum atomic E-state index is 10.5. The average Bonchev–Trinajstić information content (AvgIpc) is 2.85. The summed E-state index contributed by atoms with van der Waals surface area (Å²) >= 11 is 0. The number of nitro groups is 1. The van der Waals surface area contributed by atoms with Gasteiger partial charge in [-0.3, -0.25) is 10.1 Å². The molecule has 2 rings (SSSR count). The van der Waals surface area contributed by atoms with Crippen LogP contribution in [0.1, 0.15) is 12.0 Å². The van der Waals surface area contributed by atoms with Gasteiger partial charge in [0.2, 0.25) is 0 Å². The Labute approximate surface area is 105 Å². The molecule has 0 radical (unpaired) electrons. The molecule has 0 aliphatic heterocycles. The molecule has 0 saturated heterocycles. The van der Waals surface area contributed by atoms with E-state index in [-0.39, 0.29) is 24.3 Å². The Kier molecular flexibility index (Phi) is 4.07. The summed E-state index contributed by atoms with van der Waals surface area (Å²) in [5.41, 5.74) is 1.13. The predicted molar refractivity (Wildman–Crippen MR) is 68.1 cm³/mol. The van der Waals surface area contributed by atoms with E-state index in [0.717, 1.165) is 12.0 Å². The monoisotopic (exact) mass is 248 g/mol. The van der Waals surface area contributed by atoms with Gasteiger partial charge in [-0.15, -0.1) is 0 Å². The fraction of sp³-hybridized carbons (Fsp3) is 0.385.